The van der Waals surface area contributed by atoms with Crippen LogP contribution in [0.4, 0.5) is 0 Å². The van der Waals surface area contributed by atoms with Gasteiger partial charge < -0.3 is 9.11 Å². The molecule has 3 rings (SSSR count). The van der Waals surface area contributed by atoms with E-state index in [0.29, 0.717) is 10.8 Å². The van der Waals surface area contributed by atoms with E-state index in [4.69, 9.17) is 0 Å². The molecule has 3 aromatic carbocycles. The molecule has 12 nitrogen and oxygen atoms in total. The maximum atomic E-state index is 10.8. The van der Waals surface area contributed by atoms with Crippen LogP contribution in [0, 0.1) is 13.8 Å². The van der Waals surface area contributed by atoms with Crippen molar-refractivity contribution in [1.82, 2.24) is 0 Å². The summed E-state index contributed by atoms with van der Waals surface area (Å²) in [5, 5.41) is 9.89. The number of fused-ring (bicyclic) bond motifs is 1. The summed E-state index contributed by atoms with van der Waals surface area (Å²) in [6.45, 7) is 4.19. The number of benzene rings is 3. The van der Waals surface area contributed by atoms with E-state index < -0.39 is 30.0 Å². The first kappa shape index (κ1) is 30.3. The quantitative estimate of drug-likeness (QED) is 0.115. The van der Waals surface area contributed by atoms with Gasteiger partial charge in [-0.1, -0.05) is 47.5 Å². The molecule has 34 heavy (non-hydrogen) atoms. The highest BCUT2D eigenvalue weighted by molar-refractivity contribution is 7.86. The average Bonchev–Trinajstić information content (AvgIpc) is 2.68. The van der Waals surface area contributed by atoms with E-state index in [0.717, 1.165) is 24.3 Å². The van der Waals surface area contributed by atoms with Crippen molar-refractivity contribution in [3.05, 3.63) is 71.8 Å². The average molecular weight is 513 g/mol. The Morgan fingerprint density at radius 2 is 0.853 bits per heavy atom. The minimum absolute atomic E-state index is 0.0833. The smallest absolute Gasteiger partial charge is 0.336 e. The molecule has 0 heterocycles. The molecule has 0 radical (unpaired) electrons. The van der Waals surface area contributed by atoms with Crippen molar-refractivity contribution in [3.8, 4) is 0 Å². The van der Waals surface area contributed by atoms with Crippen molar-refractivity contribution in [1.29, 1.82) is 0 Å². The molecule has 0 unspecified atom stereocenters. The second-order valence-corrected chi connectivity index (χ2v) is 9.49. The van der Waals surface area contributed by atoms with Crippen LogP contribution < -0.4 is 33.8 Å². The first-order valence-electron chi connectivity index (χ1n) is 9.19. The third-order valence-electron chi connectivity index (χ3n) is 3.58. The van der Waals surface area contributed by atoms with Gasteiger partial charge in [0.2, 0.25) is 0 Å². The number of hydrogen-bond donors (Lipinski definition) is 6. The van der Waals surface area contributed by atoms with Crippen LogP contribution in [0.25, 0.3) is 10.8 Å². The molecule has 0 spiro atoms. The van der Waals surface area contributed by atoms with Crippen molar-refractivity contribution < 1.29 is 36.8 Å². The van der Waals surface area contributed by atoms with Crippen molar-refractivity contribution in [2.45, 2.75) is 23.6 Å². The Labute approximate surface area is 198 Å². The minimum atomic E-state index is -4.56. The van der Waals surface area contributed by atoms with Gasteiger partial charge >= 0.3 is 11.9 Å². The predicted molar refractivity (Wildman–Crippen MR) is 126 cm³/mol. The molecule has 3 aromatic rings. The van der Waals surface area contributed by atoms with Gasteiger partial charge in [-0.15, -0.1) is 0 Å². The fraction of sp³-hybridized carbons (Fsp3) is 0.100. The summed E-state index contributed by atoms with van der Waals surface area (Å²) in [7, 11) is -9.13. The Kier molecular flexibility index (Phi) is 11.7. The van der Waals surface area contributed by atoms with E-state index in [-0.39, 0.29) is 11.9 Å². The Bertz CT molecular complexity index is 1230. The molecule has 186 valence electrons. The number of nitrogens with two attached hydrogens (primary N) is 6. The predicted octanol–water partition coefficient (Wildman–Crippen LogP) is -3.01. The molecule has 0 saturated heterocycles. The molecule has 0 aliphatic carbocycles. The van der Waals surface area contributed by atoms with Gasteiger partial charge in [0.25, 0.3) is 0 Å². The summed E-state index contributed by atoms with van der Waals surface area (Å²) in [5.41, 5.74) is 21.0. The van der Waals surface area contributed by atoms with Gasteiger partial charge in [-0.3, -0.25) is 33.8 Å². The molecular formula is C20H28N6O6S2. The molecule has 0 aromatic heterocycles. The highest BCUT2D eigenvalue weighted by Crippen LogP contribution is 2.22. The van der Waals surface area contributed by atoms with Crippen LogP contribution in [0.15, 0.2) is 70.5 Å². The molecule has 12 N–H and O–H groups in total. The topological polar surface area (TPSA) is 270 Å². The monoisotopic (exact) mass is 512 g/mol. The lowest BCUT2D eigenvalue weighted by atomic mass is 10.1. The highest BCUT2D eigenvalue weighted by atomic mass is 32.2. The number of hydrogen-bond acceptors (Lipinski definition) is 6. The third kappa shape index (κ3) is 13.0. The summed E-state index contributed by atoms with van der Waals surface area (Å²) >= 11 is 0. The van der Waals surface area contributed by atoms with Crippen LogP contribution in [0.2, 0.25) is 0 Å². The van der Waals surface area contributed by atoms with E-state index in [1.807, 2.05) is 0 Å². The SMILES string of the molecule is Cc1ccc(C)cc1.NC(N)=[NH2+].NC(N)=[NH2+].O=S(=O)([O-])c1ccc2cc(S(=O)(=O)[O-])ccc2c1. The van der Waals surface area contributed by atoms with Crippen molar-refractivity contribution >= 4 is 42.9 Å². The Hall–Kier alpha value is -3.72. The van der Waals surface area contributed by atoms with Crippen LogP contribution in [0.5, 0.6) is 0 Å². The lowest BCUT2D eigenvalue weighted by Gasteiger charge is -2.10. The molecule has 0 aliphatic rings. The second kappa shape index (κ2) is 13.1. The van der Waals surface area contributed by atoms with Crippen molar-refractivity contribution in [3.63, 3.8) is 0 Å². The molecule has 0 amide bonds. The second-order valence-electron chi connectivity index (χ2n) is 6.73. The van der Waals surface area contributed by atoms with Crippen LogP contribution in [-0.2, 0) is 20.2 Å². The first-order valence-corrected chi connectivity index (χ1v) is 12.0. The van der Waals surface area contributed by atoms with Gasteiger partial charge in [0, 0.05) is 0 Å². The van der Waals surface area contributed by atoms with Crippen LogP contribution in [0.1, 0.15) is 11.1 Å². The summed E-state index contributed by atoms with van der Waals surface area (Å²) in [5.74, 6) is -0.167. The number of guanidine groups is 2. The van der Waals surface area contributed by atoms with Gasteiger partial charge in [-0.05, 0) is 48.9 Å². The normalized spacial score (nSPS) is 10.4. The lowest BCUT2D eigenvalue weighted by molar-refractivity contribution is -0.117. The van der Waals surface area contributed by atoms with Crippen molar-refractivity contribution in [2.24, 2.45) is 22.9 Å². The molecule has 0 atom stereocenters. The number of rotatable bonds is 2. The largest absolute Gasteiger partial charge is 0.744 e. The molecule has 0 bridgehead atoms. The van der Waals surface area contributed by atoms with Crippen LogP contribution in [0.3, 0.4) is 0 Å². The summed E-state index contributed by atoms with van der Waals surface area (Å²) in [6, 6.07) is 15.4. The van der Waals surface area contributed by atoms with E-state index >= 15 is 0 Å². The minimum Gasteiger partial charge on any atom is -0.744 e. The summed E-state index contributed by atoms with van der Waals surface area (Å²) < 4.78 is 64.8. The van der Waals surface area contributed by atoms with Gasteiger partial charge in [-0.2, -0.15) is 0 Å². The molecule has 0 fully saturated rings. The zero-order valence-electron chi connectivity index (χ0n) is 18.5. The van der Waals surface area contributed by atoms with Gasteiger partial charge in [0.15, 0.2) is 0 Å². The standard InChI is InChI=1S/C10H8O6S2.C8H10.2CH5N3/c11-17(12,13)9-3-1-7-5-10(18(14,15)16)4-2-8(7)6-9;1-7-3-5-8(2)6-4-7;2*2-1(3)4/h1-6H,(H,11,12,13)(H,14,15,16);3-6H,1-2H3;2*(H5,2,3,4). The Balaban J connectivity index is 0.000000559. The zero-order valence-corrected chi connectivity index (χ0v) is 20.1. The van der Waals surface area contributed by atoms with E-state index in [2.05, 4.69) is 71.9 Å². The Morgan fingerprint density at radius 3 is 1.06 bits per heavy atom. The van der Waals surface area contributed by atoms with E-state index in [1.54, 1.807) is 0 Å². The molecular weight excluding hydrogens is 484 g/mol. The van der Waals surface area contributed by atoms with Crippen molar-refractivity contribution in [2.75, 3.05) is 0 Å². The van der Waals surface area contributed by atoms with Crippen LogP contribution >= 0.6 is 0 Å². The maximum Gasteiger partial charge on any atom is 0.336 e. The van der Waals surface area contributed by atoms with Gasteiger partial charge in [0.05, 0.1) is 9.79 Å². The fourth-order valence-electron chi connectivity index (χ4n) is 2.15. The van der Waals surface area contributed by atoms with Crippen LogP contribution in [-0.4, -0.2) is 37.9 Å². The lowest BCUT2D eigenvalue weighted by Crippen LogP contribution is -2.51. The third-order valence-corrected chi connectivity index (χ3v) is 5.24. The first-order chi connectivity index (χ1) is 15.4. The summed E-state index contributed by atoms with van der Waals surface area (Å²) in [6.07, 6.45) is 0. The summed E-state index contributed by atoms with van der Waals surface area (Å²) in [4.78, 5) is -0.819. The molecule has 0 aliphatic heterocycles. The fourth-order valence-corrected chi connectivity index (χ4v) is 3.16. The van der Waals surface area contributed by atoms with E-state index in [1.165, 1.54) is 23.3 Å². The van der Waals surface area contributed by atoms with E-state index in [9.17, 15) is 25.9 Å². The number of aryl methyl sites for hydroxylation is 2. The molecule has 14 heteroatoms. The van der Waals surface area contributed by atoms with Gasteiger partial charge in [0.1, 0.15) is 20.2 Å². The zero-order chi connectivity index (χ0) is 26.7. The molecule has 0 saturated carbocycles. The van der Waals surface area contributed by atoms with Gasteiger partial charge in [-0.25, -0.2) is 16.8 Å². The highest BCUT2D eigenvalue weighted by Gasteiger charge is 2.06. The Morgan fingerprint density at radius 1 is 0.618 bits per heavy atom. The maximum absolute atomic E-state index is 10.8.